The zero-order chi connectivity index (χ0) is 18.5. The first-order valence-electron chi connectivity index (χ1n) is 9.08. The molecule has 0 saturated carbocycles. The summed E-state index contributed by atoms with van der Waals surface area (Å²) < 4.78 is 5.63. The molecule has 1 aliphatic rings. The highest BCUT2D eigenvalue weighted by molar-refractivity contribution is 5.99. The van der Waals surface area contributed by atoms with Crippen molar-refractivity contribution >= 4 is 11.5 Å². The molecule has 2 N–H and O–H groups in total. The lowest BCUT2D eigenvalue weighted by Gasteiger charge is -2.28. The Hall–Kier alpha value is -2.75. The molecule has 2 aromatic rings. The van der Waals surface area contributed by atoms with Crippen molar-refractivity contribution in [3.63, 3.8) is 0 Å². The average molecular weight is 351 g/mol. The number of benzene rings is 2. The molecule has 2 aromatic carbocycles. The number of allylic oxidation sites excluding steroid dienone is 1. The molecule has 4 heteroatoms. The average Bonchev–Trinajstić information content (AvgIpc) is 2.63. The van der Waals surface area contributed by atoms with Crippen LogP contribution in [0.2, 0.25) is 0 Å². The number of Topliss-reactive ketones (excluding diaryl/α,β-unsaturated/α-hetero) is 1. The Balaban J connectivity index is 1.79. The summed E-state index contributed by atoms with van der Waals surface area (Å²) in [5, 5.41) is 13.9. The van der Waals surface area contributed by atoms with Gasteiger partial charge in [0.2, 0.25) is 0 Å². The molecule has 4 nitrogen and oxygen atoms in total. The number of aliphatic hydroxyl groups is 1. The van der Waals surface area contributed by atoms with Crippen LogP contribution in [0.1, 0.15) is 38.2 Å². The summed E-state index contributed by atoms with van der Waals surface area (Å²) in [7, 11) is 0. The molecule has 2 atom stereocenters. The maximum Gasteiger partial charge on any atom is 0.164 e. The van der Waals surface area contributed by atoms with E-state index in [4.69, 9.17) is 4.74 Å². The summed E-state index contributed by atoms with van der Waals surface area (Å²) in [6, 6.07) is 17.2. The maximum absolute atomic E-state index is 12.7. The molecule has 1 aliphatic carbocycles. The molecule has 0 spiro atoms. The van der Waals surface area contributed by atoms with Crippen molar-refractivity contribution in [2.24, 2.45) is 0 Å². The van der Waals surface area contributed by atoms with Gasteiger partial charge in [0, 0.05) is 12.8 Å². The number of carbonyl (C=O) groups is 1. The van der Waals surface area contributed by atoms with E-state index in [2.05, 4.69) is 5.32 Å². The second-order valence-corrected chi connectivity index (χ2v) is 6.59. The number of carbonyl (C=O) groups excluding carboxylic acids is 1. The highest BCUT2D eigenvalue weighted by atomic mass is 16.5. The van der Waals surface area contributed by atoms with E-state index in [0.29, 0.717) is 25.0 Å². The van der Waals surface area contributed by atoms with E-state index in [1.54, 1.807) is 0 Å². The van der Waals surface area contributed by atoms with Crippen LogP contribution in [0.5, 0.6) is 5.75 Å². The number of ether oxygens (including phenoxy) is 1. The van der Waals surface area contributed by atoms with Crippen LogP contribution in [0.3, 0.4) is 0 Å². The van der Waals surface area contributed by atoms with Gasteiger partial charge < -0.3 is 15.2 Å². The molecule has 3 rings (SSSR count). The molecular formula is C22H25NO3. The summed E-state index contributed by atoms with van der Waals surface area (Å²) >= 11 is 0. The molecule has 1 unspecified atom stereocenters. The Morgan fingerprint density at radius 3 is 2.50 bits per heavy atom. The third-order valence-corrected chi connectivity index (χ3v) is 4.75. The molecule has 0 amide bonds. The topological polar surface area (TPSA) is 58.6 Å². The molecule has 0 radical (unpaired) electrons. The summed E-state index contributed by atoms with van der Waals surface area (Å²) in [6.45, 7) is 4.40. The second-order valence-electron chi connectivity index (χ2n) is 6.59. The van der Waals surface area contributed by atoms with Gasteiger partial charge >= 0.3 is 0 Å². The molecule has 0 heterocycles. The van der Waals surface area contributed by atoms with Crippen LogP contribution < -0.4 is 10.1 Å². The van der Waals surface area contributed by atoms with Crippen LogP contribution in [-0.4, -0.2) is 23.5 Å². The Bertz CT molecular complexity index is 798. The number of ketones is 1. The standard InChI is InChI=1S/C22H25NO3/c1-3-26-21-12-8-7-11-18(21)23-15(2)22-19(24)13-17(14-20(22)25)16-9-5-4-6-10-16/h4-12,15,17,23-24H,3,13-14H2,1-2H3/t15?,17-/m0/s1. The molecule has 26 heavy (non-hydrogen) atoms. The van der Waals surface area contributed by atoms with Crippen molar-refractivity contribution in [3.8, 4) is 5.75 Å². The second kappa shape index (κ2) is 8.09. The summed E-state index contributed by atoms with van der Waals surface area (Å²) in [6.07, 6.45) is 0.909. The van der Waals surface area contributed by atoms with Gasteiger partial charge in [0.05, 0.1) is 23.9 Å². The summed E-state index contributed by atoms with van der Waals surface area (Å²) in [4.78, 5) is 12.7. The van der Waals surface area contributed by atoms with E-state index < -0.39 is 0 Å². The third kappa shape index (κ3) is 3.90. The molecule has 0 saturated heterocycles. The lowest BCUT2D eigenvalue weighted by molar-refractivity contribution is -0.116. The highest BCUT2D eigenvalue weighted by Crippen LogP contribution is 2.35. The Kier molecular flexibility index (Phi) is 5.61. The molecule has 0 aliphatic heterocycles. The van der Waals surface area contributed by atoms with Crippen molar-refractivity contribution in [3.05, 3.63) is 71.5 Å². The fraction of sp³-hybridized carbons (Fsp3) is 0.318. The van der Waals surface area contributed by atoms with Crippen LogP contribution >= 0.6 is 0 Å². The molecule has 136 valence electrons. The minimum absolute atomic E-state index is 0.00325. The third-order valence-electron chi connectivity index (χ3n) is 4.75. The number of aliphatic hydroxyl groups excluding tert-OH is 1. The largest absolute Gasteiger partial charge is 0.512 e. The Morgan fingerprint density at radius 2 is 1.81 bits per heavy atom. The predicted octanol–water partition coefficient (Wildman–Crippen LogP) is 4.84. The van der Waals surface area contributed by atoms with Crippen LogP contribution in [0, 0.1) is 0 Å². The van der Waals surface area contributed by atoms with E-state index in [9.17, 15) is 9.90 Å². The molecule has 0 fully saturated rings. The quantitative estimate of drug-likeness (QED) is 0.781. The lowest BCUT2D eigenvalue weighted by atomic mass is 9.81. The highest BCUT2D eigenvalue weighted by Gasteiger charge is 2.31. The van der Waals surface area contributed by atoms with Gasteiger partial charge in [-0.05, 0) is 37.5 Å². The molecular weight excluding hydrogens is 326 g/mol. The minimum atomic E-state index is -0.291. The maximum atomic E-state index is 12.7. The van der Waals surface area contributed by atoms with E-state index in [-0.39, 0.29) is 23.5 Å². The number of nitrogens with one attached hydrogen (secondary N) is 1. The zero-order valence-electron chi connectivity index (χ0n) is 15.2. The number of rotatable bonds is 6. The first kappa shape index (κ1) is 18.1. The van der Waals surface area contributed by atoms with Crippen LogP contribution in [0.25, 0.3) is 0 Å². The number of hydrogen-bond acceptors (Lipinski definition) is 4. The SMILES string of the molecule is CCOc1ccccc1NC(C)C1=C(O)C[C@H](c2ccccc2)CC1=O. The van der Waals surface area contributed by atoms with Gasteiger partial charge in [-0.3, -0.25) is 4.79 Å². The number of hydrogen-bond donors (Lipinski definition) is 2. The van der Waals surface area contributed by atoms with Gasteiger partial charge in [0.15, 0.2) is 5.78 Å². The van der Waals surface area contributed by atoms with E-state index in [1.807, 2.05) is 68.4 Å². The van der Waals surface area contributed by atoms with Crippen molar-refractivity contribution in [2.75, 3.05) is 11.9 Å². The van der Waals surface area contributed by atoms with Crippen LogP contribution in [-0.2, 0) is 4.79 Å². The predicted molar refractivity (Wildman–Crippen MR) is 104 cm³/mol. The van der Waals surface area contributed by atoms with Gasteiger partial charge in [-0.1, -0.05) is 42.5 Å². The fourth-order valence-corrected chi connectivity index (χ4v) is 3.54. The minimum Gasteiger partial charge on any atom is -0.512 e. The van der Waals surface area contributed by atoms with E-state index >= 15 is 0 Å². The van der Waals surface area contributed by atoms with Gasteiger partial charge in [-0.25, -0.2) is 0 Å². The molecule has 0 aromatic heterocycles. The molecule has 0 bridgehead atoms. The lowest BCUT2D eigenvalue weighted by Crippen LogP contribution is -2.29. The monoisotopic (exact) mass is 351 g/mol. The van der Waals surface area contributed by atoms with E-state index in [1.165, 1.54) is 0 Å². The van der Waals surface area contributed by atoms with Gasteiger partial charge in [-0.2, -0.15) is 0 Å². The normalized spacial score (nSPS) is 18.5. The van der Waals surface area contributed by atoms with Crippen LogP contribution in [0.15, 0.2) is 65.9 Å². The summed E-state index contributed by atoms with van der Waals surface area (Å²) in [5.41, 5.74) is 2.39. The van der Waals surface area contributed by atoms with Crippen molar-refractivity contribution in [1.29, 1.82) is 0 Å². The number of anilines is 1. The van der Waals surface area contributed by atoms with Gasteiger partial charge in [0.1, 0.15) is 11.5 Å². The van der Waals surface area contributed by atoms with Crippen molar-refractivity contribution in [2.45, 2.75) is 38.6 Å². The fourth-order valence-electron chi connectivity index (χ4n) is 3.54. The van der Waals surface area contributed by atoms with Crippen LogP contribution in [0.4, 0.5) is 5.69 Å². The van der Waals surface area contributed by atoms with Crippen molar-refractivity contribution in [1.82, 2.24) is 0 Å². The van der Waals surface area contributed by atoms with Gasteiger partial charge in [0.25, 0.3) is 0 Å². The van der Waals surface area contributed by atoms with Gasteiger partial charge in [-0.15, -0.1) is 0 Å². The first-order chi connectivity index (χ1) is 12.6. The Morgan fingerprint density at radius 1 is 1.12 bits per heavy atom. The smallest absolute Gasteiger partial charge is 0.164 e. The number of para-hydroxylation sites is 2. The zero-order valence-corrected chi connectivity index (χ0v) is 15.2. The van der Waals surface area contributed by atoms with E-state index in [0.717, 1.165) is 17.0 Å². The Labute approximate surface area is 154 Å². The first-order valence-corrected chi connectivity index (χ1v) is 9.08. The van der Waals surface area contributed by atoms with Crippen molar-refractivity contribution < 1.29 is 14.6 Å². The summed E-state index contributed by atoms with van der Waals surface area (Å²) in [5.74, 6) is 0.961.